The summed E-state index contributed by atoms with van der Waals surface area (Å²) in [4.78, 5) is 2.65. The lowest BCUT2D eigenvalue weighted by atomic mass is 10.1. The zero-order chi connectivity index (χ0) is 15.6. The Labute approximate surface area is 127 Å². The molecule has 0 aromatic heterocycles. The highest BCUT2D eigenvalue weighted by atomic mass is 32.2. The molecule has 0 radical (unpaired) electrons. The molecule has 2 unspecified atom stereocenters. The zero-order valence-corrected chi connectivity index (χ0v) is 13.8. The van der Waals surface area contributed by atoms with E-state index in [1.54, 1.807) is 28.6 Å². The van der Waals surface area contributed by atoms with E-state index in [1.807, 2.05) is 6.92 Å². The molecule has 1 aromatic carbocycles. The lowest BCUT2D eigenvalue weighted by molar-refractivity contribution is 0.135. The van der Waals surface area contributed by atoms with Crippen LogP contribution in [-0.4, -0.2) is 49.8 Å². The molecule has 6 heteroatoms. The van der Waals surface area contributed by atoms with Gasteiger partial charge < -0.3 is 5.73 Å². The van der Waals surface area contributed by atoms with Gasteiger partial charge in [0.1, 0.15) is 0 Å². The van der Waals surface area contributed by atoms with E-state index < -0.39 is 10.0 Å². The van der Waals surface area contributed by atoms with E-state index in [0.29, 0.717) is 18.0 Å². The van der Waals surface area contributed by atoms with Crippen molar-refractivity contribution in [3.8, 4) is 0 Å². The Morgan fingerprint density at radius 2 is 1.90 bits per heavy atom. The number of benzene rings is 1. The summed E-state index contributed by atoms with van der Waals surface area (Å²) in [5, 5.41) is 0. The van der Waals surface area contributed by atoms with Gasteiger partial charge in [0, 0.05) is 31.7 Å². The highest BCUT2D eigenvalue weighted by molar-refractivity contribution is 7.89. The lowest BCUT2D eigenvalue weighted by Crippen LogP contribution is -2.53. The van der Waals surface area contributed by atoms with Crippen LogP contribution in [0, 0.1) is 0 Å². The Morgan fingerprint density at radius 3 is 2.38 bits per heavy atom. The first-order valence-corrected chi connectivity index (χ1v) is 8.90. The Morgan fingerprint density at radius 1 is 1.29 bits per heavy atom. The van der Waals surface area contributed by atoms with E-state index in [-0.39, 0.29) is 12.1 Å². The van der Waals surface area contributed by atoms with Gasteiger partial charge in [-0.1, -0.05) is 19.1 Å². The molecule has 1 fully saturated rings. The normalized spacial score (nSPS) is 23.1. The van der Waals surface area contributed by atoms with Crippen LogP contribution in [0.3, 0.4) is 0 Å². The average molecular weight is 311 g/mol. The molecule has 2 atom stereocenters. The van der Waals surface area contributed by atoms with Gasteiger partial charge in [-0.25, -0.2) is 8.42 Å². The van der Waals surface area contributed by atoms with Gasteiger partial charge in [-0.3, -0.25) is 4.90 Å². The molecule has 1 aliphatic heterocycles. The third-order valence-electron chi connectivity index (χ3n) is 4.18. The molecule has 0 aliphatic carbocycles. The van der Waals surface area contributed by atoms with Crippen molar-refractivity contribution in [3.63, 3.8) is 0 Å². The van der Waals surface area contributed by atoms with Gasteiger partial charge in [0.25, 0.3) is 0 Å². The Bertz CT molecular complexity index is 569. The lowest BCUT2D eigenvalue weighted by Gasteiger charge is -2.38. The number of nitrogens with two attached hydrogens (primary N) is 1. The third-order valence-corrected chi connectivity index (χ3v) is 6.06. The van der Waals surface area contributed by atoms with Crippen molar-refractivity contribution in [2.24, 2.45) is 5.73 Å². The van der Waals surface area contributed by atoms with E-state index >= 15 is 0 Å². The maximum atomic E-state index is 12.7. The smallest absolute Gasteiger partial charge is 0.243 e. The summed E-state index contributed by atoms with van der Waals surface area (Å²) in [7, 11) is -3.40. The van der Waals surface area contributed by atoms with Crippen LogP contribution in [0.1, 0.15) is 32.4 Å². The Balaban J connectivity index is 2.18. The molecule has 0 amide bonds. The summed E-state index contributed by atoms with van der Waals surface area (Å²) in [6, 6.07) is 7.07. The van der Waals surface area contributed by atoms with Gasteiger partial charge in [-0.15, -0.1) is 0 Å². The first kappa shape index (κ1) is 16.4. The molecule has 0 spiro atoms. The predicted molar refractivity (Wildman–Crippen MR) is 84.5 cm³/mol. The predicted octanol–water partition coefficient (Wildman–Crippen LogP) is 1.42. The summed E-state index contributed by atoms with van der Waals surface area (Å²) in [6.45, 7) is 8.90. The number of likely N-dealkylation sites (N-methyl/N-ethyl adjacent to an activating group) is 1. The van der Waals surface area contributed by atoms with E-state index in [0.717, 1.165) is 18.7 Å². The summed E-state index contributed by atoms with van der Waals surface area (Å²) in [6.07, 6.45) is 0. The average Bonchev–Trinajstić information content (AvgIpc) is 2.47. The maximum Gasteiger partial charge on any atom is 0.243 e. The first-order chi connectivity index (χ1) is 9.86. The molecule has 0 saturated carbocycles. The largest absolute Gasteiger partial charge is 0.324 e. The van der Waals surface area contributed by atoms with E-state index in [1.165, 1.54) is 0 Å². The van der Waals surface area contributed by atoms with Gasteiger partial charge in [0.2, 0.25) is 10.0 Å². The molecule has 1 aliphatic rings. The second kappa shape index (κ2) is 6.44. The number of hydrogen-bond donors (Lipinski definition) is 1. The minimum atomic E-state index is -3.40. The van der Waals surface area contributed by atoms with Gasteiger partial charge >= 0.3 is 0 Å². The van der Waals surface area contributed by atoms with Gasteiger partial charge in [0.15, 0.2) is 0 Å². The zero-order valence-electron chi connectivity index (χ0n) is 13.0. The molecule has 2 N–H and O–H groups in total. The minimum Gasteiger partial charge on any atom is -0.324 e. The highest BCUT2D eigenvalue weighted by Crippen LogP contribution is 2.21. The molecule has 21 heavy (non-hydrogen) atoms. The van der Waals surface area contributed by atoms with E-state index in [9.17, 15) is 8.42 Å². The standard InChI is InChI=1S/C15H25N3O2S/c1-4-17-9-10-18(11-12(17)2)21(19,20)15-7-5-14(6-8-15)13(3)16/h5-8,12-13H,4,9-11,16H2,1-3H3. The SMILES string of the molecule is CCN1CCN(S(=O)(=O)c2ccc(C(C)N)cc2)CC1C. The minimum absolute atomic E-state index is 0.0881. The number of piperazine rings is 1. The monoisotopic (exact) mass is 311 g/mol. The second-order valence-electron chi connectivity index (χ2n) is 5.70. The molecule has 1 aromatic rings. The summed E-state index contributed by atoms with van der Waals surface area (Å²) in [5.74, 6) is 0. The van der Waals surface area contributed by atoms with Crippen LogP contribution in [0.2, 0.25) is 0 Å². The summed E-state index contributed by atoms with van der Waals surface area (Å²) >= 11 is 0. The maximum absolute atomic E-state index is 12.7. The molecule has 5 nitrogen and oxygen atoms in total. The molecule has 2 rings (SSSR count). The van der Waals surface area contributed by atoms with Crippen LogP contribution in [0.15, 0.2) is 29.2 Å². The first-order valence-electron chi connectivity index (χ1n) is 7.46. The second-order valence-corrected chi connectivity index (χ2v) is 7.64. The molecule has 1 saturated heterocycles. The van der Waals surface area contributed by atoms with Crippen LogP contribution >= 0.6 is 0 Å². The molecule has 0 bridgehead atoms. The van der Waals surface area contributed by atoms with Crippen molar-refractivity contribution in [3.05, 3.63) is 29.8 Å². The van der Waals surface area contributed by atoms with Crippen LogP contribution in [0.25, 0.3) is 0 Å². The van der Waals surface area contributed by atoms with Crippen molar-refractivity contribution >= 4 is 10.0 Å². The van der Waals surface area contributed by atoms with Crippen molar-refractivity contribution < 1.29 is 8.42 Å². The summed E-state index contributed by atoms with van der Waals surface area (Å²) in [5.41, 5.74) is 6.74. The van der Waals surface area contributed by atoms with Crippen LogP contribution in [-0.2, 0) is 10.0 Å². The fourth-order valence-corrected chi connectivity index (χ4v) is 4.25. The number of nitrogens with zero attached hydrogens (tertiary/aromatic N) is 2. The third kappa shape index (κ3) is 3.45. The fraction of sp³-hybridized carbons (Fsp3) is 0.600. The van der Waals surface area contributed by atoms with Crippen molar-refractivity contribution in [1.29, 1.82) is 0 Å². The van der Waals surface area contributed by atoms with Gasteiger partial charge in [0.05, 0.1) is 4.90 Å². The Hall–Kier alpha value is -0.950. The summed E-state index contributed by atoms with van der Waals surface area (Å²) < 4.78 is 27.0. The number of rotatable bonds is 4. The quantitative estimate of drug-likeness (QED) is 0.913. The van der Waals surface area contributed by atoms with Crippen LogP contribution in [0.4, 0.5) is 0 Å². The molecule has 1 heterocycles. The molecular weight excluding hydrogens is 286 g/mol. The number of hydrogen-bond acceptors (Lipinski definition) is 4. The van der Waals surface area contributed by atoms with Crippen molar-refractivity contribution in [2.45, 2.75) is 37.8 Å². The van der Waals surface area contributed by atoms with Crippen molar-refractivity contribution in [2.75, 3.05) is 26.2 Å². The fourth-order valence-electron chi connectivity index (χ4n) is 2.74. The van der Waals surface area contributed by atoms with E-state index in [4.69, 9.17) is 5.73 Å². The Kier molecular flexibility index (Phi) is 5.03. The van der Waals surface area contributed by atoms with Crippen molar-refractivity contribution in [1.82, 2.24) is 9.21 Å². The van der Waals surface area contributed by atoms with E-state index in [2.05, 4.69) is 18.7 Å². The molecule has 118 valence electrons. The van der Waals surface area contributed by atoms with Crippen LogP contribution < -0.4 is 5.73 Å². The van der Waals surface area contributed by atoms with Gasteiger partial charge in [-0.05, 0) is 38.1 Å². The highest BCUT2D eigenvalue weighted by Gasteiger charge is 2.31. The van der Waals surface area contributed by atoms with Gasteiger partial charge in [-0.2, -0.15) is 4.31 Å². The van der Waals surface area contributed by atoms with Crippen LogP contribution in [0.5, 0.6) is 0 Å². The molecular formula is C15H25N3O2S. The number of sulfonamides is 1. The topological polar surface area (TPSA) is 66.6 Å².